The van der Waals surface area contributed by atoms with Gasteiger partial charge in [0, 0.05) is 36.3 Å². The fourth-order valence-corrected chi connectivity index (χ4v) is 3.53. The third kappa shape index (κ3) is 3.45. The number of amides is 1. The minimum absolute atomic E-state index is 0.0300. The van der Waals surface area contributed by atoms with E-state index in [9.17, 15) is 9.59 Å². The molecule has 24 heavy (non-hydrogen) atoms. The first-order chi connectivity index (χ1) is 11.6. The van der Waals surface area contributed by atoms with Crippen LogP contribution in [0.2, 0.25) is 0 Å². The molecular formula is C19H24N2O3. The predicted molar refractivity (Wildman–Crippen MR) is 92.7 cm³/mol. The van der Waals surface area contributed by atoms with Crippen LogP contribution in [0.3, 0.4) is 0 Å². The van der Waals surface area contributed by atoms with E-state index < -0.39 is 0 Å². The highest BCUT2D eigenvalue weighted by molar-refractivity contribution is 5.98. The number of hydrogen-bond acceptors (Lipinski definition) is 3. The maximum absolute atomic E-state index is 12.4. The van der Waals surface area contributed by atoms with Crippen LogP contribution >= 0.6 is 0 Å². The average molecular weight is 328 g/mol. The summed E-state index contributed by atoms with van der Waals surface area (Å²) in [6.07, 6.45) is 5.61. The molecule has 1 aliphatic rings. The molecule has 0 unspecified atom stereocenters. The number of hydrogen-bond donors (Lipinski definition) is 1. The Bertz CT molecular complexity index is 742. The highest BCUT2D eigenvalue weighted by atomic mass is 16.5. The van der Waals surface area contributed by atoms with Crippen molar-refractivity contribution >= 4 is 22.8 Å². The molecule has 0 radical (unpaired) electrons. The number of esters is 1. The van der Waals surface area contributed by atoms with Gasteiger partial charge in [-0.05, 0) is 55.9 Å². The van der Waals surface area contributed by atoms with Crippen molar-refractivity contribution in [2.24, 2.45) is 18.9 Å². The van der Waals surface area contributed by atoms with Gasteiger partial charge in [0.2, 0.25) is 0 Å². The summed E-state index contributed by atoms with van der Waals surface area (Å²) >= 11 is 0. The van der Waals surface area contributed by atoms with Crippen LogP contribution in [0.1, 0.15) is 36.0 Å². The Hall–Kier alpha value is -2.30. The molecule has 0 saturated heterocycles. The highest BCUT2D eigenvalue weighted by Gasteiger charge is 2.27. The Balaban J connectivity index is 1.53. The molecule has 0 aliphatic heterocycles. The molecule has 1 fully saturated rings. The Morgan fingerprint density at radius 1 is 1.21 bits per heavy atom. The molecule has 0 spiro atoms. The van der Waals surface area contributed by atoms with Crippen LogP contribution in [0.15, 0.2) is 30.5 Å². The van der Waals surface area contributed by atoms with Gasteiger partial charge in [0.25, 0.3) is 5.91 Å². The number of carbonyl (C=O) groups is 2. The summed E-state index contributed by atoms with van der Waals surface area (Å²) in [5.74, 6) is 0.335. The summed E-state index contributed by atoms with van der Waals surface area (Å²) in [5, 5.41) is 4.11. The van der Waals surface area contributed by atoms with Crippen molar-refractivity contribution in [1.82, 2.24) is 9.88 Å². The first kappa shape index (κ1) is 16.6. The van der Waals surface area contributed by atoms with Crippen LogP contribution in [0, 0.1) is 11.8 Å². The van der Waals surface area contributed by atoms with Gasteiger partial charge >= 0.3 is 5.97 Å². The van der Waals surface area contributed by atoms with E-state index in [1.807, 2.05) is 42.1 Å². The number of carbonyl (C=O) groups excluding carboxylic acids is 2. The zero-order valence-corrected chi connectivity index (χ0v) is 14.2. The van der Waals surface area contributed by atoms with E-state index in [0.717, 1.165) is 36.6 Å². The average Bonchev–Trinajstić information content (AvgIpc) is 3.00. The zero-order valence-electron chi connectivity index (χ0n) is 14.2. The van der Waals surface area contributed by atoms with Gasteiger partial charge in [-0.25, -0.2) is 0 Å². The van der Waals surface area contributed by atoms with Crippen LogP contribution in [0.4, 0.5) is 0 Å². The van der Waals surface area contributed by atoms with E-state index in [-0.39, 0.29) is 17.8 Å². The molecule has 1 N–H and O–H groups in total. The summed E-state index contributed by atoms with van der Waals surface area (Å²) in [6.45, 7) is 0.666. The lowest BCUT2D eigenvalue weighted by Gasteiger charge is -2.26. The summed E-state index contributed by atoms with van der Waals surface area (Å²) < 4.78 is 6.85. The fourth-order valence-electron chi connectivity index (χ4n) is 3.53. The van der Waals surface area contributed by atoms with Crippen molar-refractivity contribution < 1.29 is 14.3 Å². The Labute approximate surface area is 142 Å². The van der Waals surface area contributed by atoms with Crippen LogP contribution in [0.25, 0.3) is 10.9 Å². The second-order valence-corrected chi connectivity index (χ2v) is 6.65. The predicted octanol–water partition coefficient (Wildman–Crippen LogP) is 2.89. The molecule has 1 amide bonds. The van der Waals surface area contributed by atoms with Crippen LogP contribution < -0.4 is 5.32 Å². The molecule has 1 aliphatic carbocycles. The lowest BCUT2D eigenvalue weighted by molar-refractivity contribution is -0.146. The Morgan fingerprint density at radius 2 is 1.96 bits per heavy atom. The first-order valence-corrected chi connectivity index (χ1v) is 8.49. The van der Waals surface area contributed by atoms with E-state index >= 15 is 0 Å². The SMILES string of the molecule is COC(=O)C1CCC(CNC(=O)c2ccc3c(ccn3C)c2)CC1. The molecule has 5 heteroatoms. The largest absolute Gasteiger partial charge is 0.469 e. The van der Waals surface area contributed by atoms with E-state index in [2.05, 4.69) is 5.32 Å². The maximum Gasteiger partial charge on any atom is 0.308 e. The second-order valence-electron chi connectivity index (χ2n) is 6.65. The first-order valence-electron chi connectivity index (χ1n) is 8.49. The van der Waals surface area contributed by atoms with Gasteiger partial charge in [-0.3, -0.25) is 9.59 Å². The van der Waals surface area contributed by atoms with Crippen molar-refractivity contribution in [3.63, 3.8) is 0 Å². The normalized spacial score (nSPS) is 20.8. The quantitative estimate of drug-likeness (QED) is 0.878. The van der Waals surface area contributed by atoms with Gasteiger partial charge in [0.05, 0.1) is 13.0 Å². The van der Waals surface area contributed by atoms with E-state index in [0.29, 0.717) is 18.0 Å². The lowest BCUT2D eigenvalue weighted by Crippen LogP contribution is -2.32. The van der Waals surface area contributed by atoms with Gasteiger partial charge in [-0.1, -0.05) is 0 Å². The van der Waals surface area contributed by atoms with Crippen molar-refractivity contribution in [2.75, 3.05) is 13.7 Å². The van der Waals surface area contributed by atoms with Crippen LogP contribution in [-0.2, 0) is 16.6 Å². The molecule has 0 atom stereocenters. The van der Waals surface area contributed by atoms with Gasteiger partial charge < -0.3 is 14.6 Å². The summed E-state index contributed by atoms with van der Waals surface area (Å²) in [5.41, 5.74) is 1.81. The van der Waals surface area contributed by atoms with Crippen molar-refractivity contribution in [1.29, 1.82) is 0 Å². The standard InChI is InChI=1S/C19H24N2O3/c1-21-10-9-15-11-16(7-8-17(15)21)18(22)20-12-13-3-5-14(6-4-13)19(23)24-2/h7-11,13-14H,3-6,12H2,1-2H3,(H,20,22). The topological polar surface area (TPSA) is 60.3 Å². The van der Waals surface area contributed by atoms with E-state index in [4.69, 9.17) is 4.74 Å². The number of nitrogens with one attached hydrogen (secondary N) is 1. The maximum atomic E-state index is 12.4. The number of methoxy groups -OCH3 is 1. The Morgan fingerprint density at radius 3 is 2.67 bits per heavy atom. The minimum Gasteiger partial charge on any atom is -0.469 e. The fraction of sp³-hybridized carbons (Fsp3) is 0.474. The number of benzene rings is 1. The summed E-state index contributed by atoms with van der Waals surface area (Å²) in [7, 11) is 3.44. The Kier molecular flexibility index (Phi) is 4.88. The zero-order chi connectivity index (χ0) is 17.1. The third-order valence-corrected chi connectivity index (χ3v) is 5.08. The van der Waals surface area contributed by atoms with Crippen LogP contribution in [0.5, 0.6) is 0 Å². The molecule has 3 rings (SSSR count). The second kappa shape index (κ2) is 7.07. The summed E-state index contributed by atoms with van der Waals surface area (Å²) in [4.78, 5) is 23.9. The minimum atomic E-state index is -0.103. The lowest BCUT2D eigenvalue weighted by atomic mass is 9.82. The van der Waals surface area contributed by atoms with Gasteiger partial charge in [0.1, 0.15) is 0 Å². The van der Waals surface area contributed by atoms with E-state index in [1.54, 1.807) is 0 Å². The molecular weight excluding hydrogens is 304 g/mol. The summed E-state index contributed by atoms with van der Waals surface area (Å²) in [6, 6.07) is 7.79. The molecule has 5 nitrogen and oxygen atoms in total. The third-order valence-electron chi connectivity index (χ3n) is 5.08. The van der Waals surface area contributed by atoms with Crippen molar-refractivity contribution in [3.05, 3.63) is 36.0 Å². The molecule has 1 aromatic heterocycles. The monoisotopic (exact) mass is 328 g/mol. The number of aryl methyl sites for hydroxylation is 1. The molecule has 1 heterocycles. The number of aromatic nitrogens is 1. The van der Waals surface area contributed by atoms with Crippen molar-refractivity contribution in [3.8, 4) is 0 Å². The molecule has 1 aromatic carbocycles. The van der Waals surface area contributed by atoms with Crippen LogP contribution in [-0.4, -0.2) is 30.1 Å². The highest BCUT2D eigenvalue weighted by Crippen LogP contribution is 2.29. The number of ether oxygens (including phenoxy) is 1. The number of fused-ring (bicyclic) bond motifs is 1. The van der Waals surface area contributed by atoms with Gasteiger partial charge in [-0.2, -0.15) is 0 Å². The van der Waals surface area contributed by atoms with Gasteiger partial charge in [-0.15, -0.1) is 0 Å². The molecule has 128 valence electrons. The van der Waals surface area contributed by atoms with E-state index in [1.165, 1.54) is 7.11 Å². The molecule has 0 bridgehead atoms. The number of nitrogens with zero attached hydrogens (tertiary/aromatic N) is 1. The smallest absolute Gasteiger partial charge is 0.308 e. The molecule has 1 saturated carbocycles. The van der Waals surface area contributed by atoms with Crippen molar-refractivity contribution in [2.45, 2.75) is 25.7 Å². The number of rotatable bonds is 4. The molecule has 2 aromatic rings. The van der Waals surface area contributed by atoms with Gasteiger partial charge in [0.15, 0.2) is 0 Å².